The highest BCUT2D eigenvalue weighted by molar-refractivity contribution is 5.93. The van der Waals surface area contributed by atoms with Crippen LogP contribution in [0.15, 0.2) is 71.2 Å². The Morgan fingerprint density at radius 2 is 1.69 bits per heavy atom. The standard InChI is InChI=1S/C30H31N3O6/c1-2-38-25-10-6-3-7-22(25)11-14-28(34)31-18-15-30(16-19-31)17-20-32(21-30)29(35)27-13-12-26(39-27)23-8-4-5-9-24(23)33(36)37/h3-14H,2,15-21H2,1H3/b14-11+. The van der Waals surface area contributed by atoms with Crippen LogP contribution in [0.25, 0.3) is 17.4 Å². The molecule has 3 aromatic rings. The molecule has 9 nitrogen and oxygen atoms in total. The molecule has 0 saturated carbocycles. The van der Waals surface area contributed by atoms with Crippen molar-refractivity contribution in [3.05, 3.63) is 88.2 Å². The number of piperidine rings is 1. The molecule has 0 N–H and O–H groups in total. The molecule has 0 radical (unpaired) electrons. The second kappa shape index (κ2) is 11.1. The number of rotatable bonds is 7. The first kappa shape index (κ1) is 26.2. The lowest BCUT2D eigenvalue weighted by Crippen LogP contribution is -2.44. The molecule has 1 spiro atoms. The third kappa shape index (κ3) is 5.57. The van der Waals surface area contributed by atoms with E-state index in [0.29, 0.717) is 44.1 Å². The molecule has 9 heteroatoms. The molecule has 0 unspecified atom stereocenters. The van der Waals surface area contributed by atoms with Gasteiger partial charge in [0.15, 0.2) is 5.76 Å². The Morgan fingerprint density at radius 3 is 2.44 bits per heavy atom. The number of para-hydroxylation sites is 2. The number of hydrogen-bond acceptors (Lipinski definition) is 6. The molecule has 2 amide bonds. The third-order valence-electron chi connectivity index (χ3n) is 7.67. The smallest absolute Gasteiger partial charge is 0.289 e. The summed E-state index contributed by atoms with van der Waals surface area (Å²) in [6, 6.07) is 17.1. The zero-order chi connectivity index (χ0) is 27.4. The Kier molecular flexibility index (Phi) is 7.49. The maximum atomic E-state index is 13.2. The van der Waals surface area contributed by atoms with Crippen molar-refractivity contribution in [3.63, 3.8) is 0 Å². The van der Waals surface area contributed by atoms with Crippen LogP contribution in [-0.4, -0.2) is 59.3 Å². The zero-order valence-electron chi connectivity index (χ0n) is 21.9. The number of nitrogens with zero attached hydrogens (tertiary/aromatic N) is 3. The van der Waals surface area contributed by atoms with Gasteiger partial charge in [-0.15, -0.1) is 0 Å². The van der Waals surface area contributed by atoms with E-state index in [0.717, 1.165) is 30.6 Å². The highest BCUT2D eigenvalue weighted by atomic mass is 16.6. The lowest BCUT2D eigenvalue weighted by Gasteiger charge is -2.38. The molecule has 0 bridgehead atoms. The van der Waals surface area contributed by atoms with E-state index in [1.54, 1.807) is 47.4 Å². The number of hydrogen-bond donors (Lipinski definition) is 0. The van der Waals surface area contributed by atoms with E-state index >= 15 is 0 Å². The van der Waals surface area contributed by atoms with Crippen molar-refractivity contribution >= 4 is 23.6 Å². The number of ether oxygens (including phenoxy) is 1. The largest absolute Gasteiger partial charge is 0.493 e. The van der Waals surface area contributed by atoms with E-state index in [1.165, 1.54) is 6.07 Å². The number of nitro groups is 1. The van der Waals surface area contributed by atoms with Crippen LogP contribution in [0.4, 0.5) is 5.69 Å². The highest BCUT2D eigenvalue weighted by Crippen LogP contribution is 2.41. The van der Waals surface area contributed by atoms with E-state index in [4.69, 9.17) is 9.15 Å². The quantitative estimate of drug-likeness (QED) is 0.230. The van der Waals surface area contributed by atoms with Gasteiger partial charge in [-0.3, -0.25) is 19.7 Å². The van der Waals surface area contributed by atoms with Gasteiger partial charge in [-0.05, 0) is 61.9 Å². The van der Waals surface area contributed by atoms with Crippen LogP contribution in [-0.2, 0) is 4.79 Å². The predicted molar refractivity (Wildman–Crippen MR) is 146 cm³/mol. The molecular formula is C30H31N3O6. The van der Waals surface area contributed by atoms with Gasteiger partial charge in [0.25, 0.3) is 11.6 Å². The van der Waals surface area contributed by atoms with Crippen molar-refractivity contribution in [2.24, 2.45) is 5.41 Å². The summed E-state index contributed by atoms with van der Waals surface area (Å²) in [5.74, 6) is 0.975. The second-order valence-corrected chi connectivity index (χ2v) is 10.0. The number of carbonyl (C=O) groups is 2. The van der Waals surface area contributed by atoms with Crippen LogP contribution in [0.3, 0.4) is 0 Å². The predicted octanol–water partition coefficient (Wildman–Crippen LogP) is 5.42. The maximum absolute atomic E-state index is 13.2. The molecule has 2 fully saturated rings. The van der Waals surface area contributed by atoms with Crippen LogP contribution in [0, 0.1) is 15.5 Å². The molecule has 5 rings (SSSR count). The van der Waals surface area contributed by atoms with Gasteiger partial charge < -0.3 is 19.0 Å². The number of likely N-dealkylation sites (tertiary alicyclic amines) is 2. The van der Waals surface area contributed by atoms with Crippen molar-refractivity contribution in [1.29, 1.82) is 0 Å². The molecule has 2 aliphatic rings. The minimum atomic E-state index is -0.462. The minimum Gasteiger partial charge on any atom is -0.493 e. The molecule has 2 aromatic carbocycles. The topological polar surface area (TPSA) is 106 Å². The van der Waals surface area contributed by atoms with Gasteiger partial charge in [0.05, 0.1) is 17.1 Å². The highest BCUT2D eigenvalue weighted by Gasteiger charge is 2.43. The summed E-state index contributed by atoms with van der Waals surface area (Å²) in [6.07, 6.45) is 5.92. The summed E-state index contributed by atoms with van der Waals surface area (Å²) in [7, 11) is 0. The summed E-state index contributed by atoms with van der Waals surface area (Å²) in [5, 5.41) is 11.4. The van der Waals surface area contributed by atoms with Crippen molar-refractivity contribution in [2.45, 2.75) is 26.2 Å². The van der Waals surface area contributed by atoms with Gasteiger partial charge in [-0.1, -0.05) is 30.3 Å². The molecule has 39 heavy (non-hydrogen) atoms. The fourth-order valence-corrected chi connectivity index (χ4v) is 5.48. The van der Waals surface area contributed by atoms with Crippen molar-refractivity contribution < 1.29 is 23.7 Å². The number of nitro benzene ring substituents is 1. The van der Waals surface area contributed by atoms with Crippen molar-refractivity contribution in [1.82, 2.24) is 9.80 Å². The summed E-state index contributed by atoms with van der Waals surface area (Å²) >= 11 is 0. The van der Waals surface area contributed by atoms with E-state index in [-0.39, 0.29) is 28.7 Å². The number of amides is 2. The van der Waals surface area contributed by atoms with Gasteiger partial charge in [-0.25, -0.2) is 0 Å². The minimum absolute atomic E-state index is 0.0225. The van der Waals surface area contributed by atoms with Crippen LogP contribution in [0.1, 0.15) is 42.3 Å². The zero-order valence-corrected chi connectivity index (χ0v) is 21.9. The normalized spacial score (nSPS) is 16.6. The Morgan fingerprint density at radius 1 is 1.00 bits per heavy atom. The average Bonchev–Trinajstić information content (AvgIpc) is 3.61. The second-order valence-electron chi connectivity index (χ2n) is 10.0. The third-order valence-corrected chi connectivity index (χ3v) is 7.67. The van der Waals surface area contributed by atoms with Gasteiger partial charge in [0.1, 0.15) is 11.5 Å². The SMILES string of the molecule is CCOc1ccccc1/C=C/C(=O)N1CCC2(CC1)CCN(C(=O)c1ccc(-c3ccccc3[N+](=O)[O-])o1)C2. The van der Waals surface area contributed by atoms with Gasteiger partial charge >= 0.3 is 0 Å². The lowest BCUT2D eigenvalue weighted by atomic mass is 9.78. The number of benzene rings is 2. The van der Waals surface area contributed by atoms with Crippen LogP contribution in [0.5, 0.6) is 5.75 Å². The molecule has 2 saturated heterocycles. The van der Waals surface area contributed by atoms with E-state index < -0.39 is 4.92 Å². The molecule has 2 aliphatic heterocycles. The first-order chi connectivity index (χ1) is 18.9. The first-order valence-corrected chi connectivity index (χ1v) is 13.2. The number of furan rings is 1. The molecule has 0 atom stereocenters. The Hall–Kier alpha value is -4.40. The Bertz CT molecular complexity index is 1400. The molecule has 3 heterocycles. The molecular weight excluding hydrogens is 498 g/mol. The van der Waals surface area contributed by atoms with E-state index in [9.17, 15) is 19.7 Å². The lowest BCUT2D eigenvalue weighted by molar-refractivity contribution is -0.384. The molecule has 1 aromatic heterocycles. The fraction of sp³-hybridized carbons (Fsp3) is 0.333. The summed E-state index contributed by atoms with van der Waals surface area (Å²) in [6.45, 7) is 4.98. The summed E-state index contributed by atoms with van der Waals surface area (Å²) in [4.78, 5) is 40.7. The van der Waals surface area contributed by atoms with Gasteiger partial charge in [0, 0.05) is 43.9 Å². The average molecular weight is 530 g/mol. The van der Waals surface area contributed by atoms with E-state index in [2.05, 4.69) is 0 Å². The molecule has 202 valence electrons. The Balaban J connectivity index is 1.18. The van der Waals surface area contributed by atoms with Gasteiger partial charge in [-0.2, -0.15) is 0 Å². The first-order valence-electron chi connectivity index (χ1n) is 13.2. The number of carbonyl (C=O) groups excluding carboxylic acids is 2. The maximum Gasteiger partial charge on any atom is 0.289 e. The van der Waals surface area contributed by atoms with Crippen LogP contribution in [0.2, 0.25) is 0 Å². The monoisotopic (exact) mass is 529 g/mol. The summed E-state index contributed by atoms with van der Waals surface area (Å²) in [5.41, 5.74) is 1.12. The van der Waals surface area contributed by atoms with Crippen LogP contribution < -0.4 is 4.74 Å². The molecule has 0 aliphatic carbocycles. The van der Waals surface area contributed by atoms with Crippen molar-refractivity contribution in [2.75, 3.05) is 32.8 Å². The van der Waals surface area contributed by atoms with Gasteiger partial charge in [0.2, 0.25) is 5.91 Å². The summed E-state index contributed by atoms with van der Waals surface area (Å²) < 4.78 is 11.4. The van der Waals surface area contributed by atoms with Crippen molar-refractivity contribution in [3.8, 4) is 17.1 Å². The Labute approximate surface area is 226 Å². The van der Waals surface area contributed by atoms with Crippen LogP contribution >= 0.6 is 0 Å². The van der Waals surface area contributed by atoms with E-state index in [1.807, 2.05) is 36.1 Å². The fourth-order valence-electron chi connectivity index (χ4n) is 5.48.